The van der Waals surface area contributed by atoms with E-state index < -0.39 is 10.1 Å². The minimum atomic E-state index is -3.48. The van der Waals surface area contributed by atoms with Crippen molar-refractivity contribution in [2.75, 3.05) is 6.26 Å². The topological polar surface area (TPSA) is 60.4 Å². The summed E-state index contributed by atoms with van der Waals surface area (Å²) in [6, 6.07) is 5.70. The number of hydrogen-bond acceptors (Lipinski definition) is 4. The number of benzene rings is 1. The summed E-state index contributed by atoms with van der Waals surface area (Å²) in [5, 5.41) is 0. The number of rotatable bonds is 2. The molecule has 5 heteroatoms. The molecule has 4 atom stereocenters. The Hall–Kier alpha value is -1.36. The Balaban J connectivity index is 1.63. The second kappa shape index (κ2) is 5.33. The average Bonchev–Trinajstić information content (AvgIpc) is 2.86. The highest BCUT2D eigenvalue weighted by molar-refractivity contribution is 7.86. The van der Waals surface area contributed by atoms with Gasteiger partial charge in [0.1, 0.15) is 11.5 Å². The van der Waals surface area contributed by atoms with E-state index in [9.17, 15) is 13.2 Å². The van der Waals surface area contributed by atoms with E-state index in [2.05, 4.69) is 0 Å². The zero-order valence-corrected chi connectivity index (χ0v) is 14.1. The maximum atomic E-state index is 12.0. The maximum absolute atomic E-state index is 12.0. The van der Waals surface area contributed by atoms with Gasteiger partial charge in [-0.2, -0.15) is 8.42 Å². The highest BCUT2D eigenvalue weighted by Gasteiger charge is 2.47. The molecular weight excluding hydrogens is 312 g/mol. The molecule has 0 heterocycles. The Morgan fingerprint density at radius 2 is 1.70 bits per heavy atom. The Morgan fingerprint density at radius 3 is 2.48 bits per heavy atom. The van der Waals surface area contributed by atoms with Crippen molar-refractivity contribution in [3.63, 3.8) is 0 Å². The van der Waals surface area contributed by atoms with Crippen molar-refractivity contribution in [1.29, 1.82) is 0 Å². The van der Waals surface area contributed by atoms with Gasteiger partial charge in [-0.1, -0.05) is 6.07 Å². The fourth-order valence-corrected chi connectivity index (χ4v) is 5.66. The van der Waals surface area contributed by atoms with Gasteiger partial charge in [0.05, 0.1) is 6.26 Å². The van der Waals surface area contributed by atoms with Crippen molar-refractivity contribution in [2.45, 2.75) is 44.4 Å². The average molecular weight is 334 g/mol. The first kappa shape index (κ1) is 15.2. The quantitative estimate of drug-likeness (QED) is 0.780. The van der Waals surface area contributed by atoms with Gasteiger partial charge in [0.15, 0.2) is 0 Å². The summed E-state index contributed by atoms with van der Waals surface area (Å²) in [4.78, 5) is 12.0. The van der Waals surface area contributed by atoms with Crippen molar-refractivity contribution in [3.05, 3.63) is 29.3 Å². The molecule has 0 spiro atoms. The Bertz CT molecular complexity index is 752. The summed E-state index contributed by atoms with van der Waals surface area (Å²) in [6.45, 7) is 0. The lowest BCUT2D eigenvalue weighted by Crippen LogP contribution is -2.35. The van der Waals surface area contributed by atoms with Gasteiger partial charge in [-0.25, -0.2) is 0 Å². The Kier molecular flexibility index (Phi) is 3.52. The van der Waals surface area contributed by atoms with Crippen molar-refractivity contribution in [1.82, 2.24) is 0 Å². The number of carbonyl (C=O) groups is 1. The van der Waals surface area contributed by atoms with Gasteiger partial charge in [-0.05, 0) is 73.1 Å². The molecule has 4 nitrogen and oxygen atoms in total. The van der Waals surface area contributed by atoms with Crippen LogP contribution in [-0.2, 0) is 21.3 Å². The lowest BCUT2D eigenvalue weighted by molar-refractivity contribution is -0.122. The molecule has 124 valence electrons. The first-order valence-electron chi connectivity index (χ1n) is 8.47. The van der Waals surface area contributed by atoms with Crippen LogP contribution >= 0.6 is 0 Å². The van der Waals surface area contributed by atoms with E-state index in [1.165, 1.54) is 11.1 Å². The van der Waals surface area contributed by atoms with Crippen molar-refractivity contribution in [3.8, 4) is 5.75 Å². The molecule has 0 amide bonds. The lowest BCUT2D eigenvalue weighted by Gasteiger charge is -2.43. The smallest absolute Gasteiger partial charge is 0.306 e. The van der Waals surface area contributed by atoms with Crippen LogP contribution < -0.4 is 4.18 Å². The molecule has 0 N–H and O–H groups in total. The van der Waals surface area contributed by atoms with Gasteiger partial charge in [0, 0.05) is 12.3 Å². The van der Waals surface area contributed by atoms with Crippen LogP contribution in [0, 0.1) is 17.8 Å². The molecule has 0 aliphatic heterocycles. The van der Waals surface area contributed by atoms with Gasteiger partial charge in [-0.15, -0.1) is 0 Å². The van der Waals surface area contributed by atoms with Crippen molar-refractivity contribution >= 4 is 15.9 Å². The van der Waals surface area contributed by atoms with Gasteiger partial charge < -0.3 is 4.18 Å². The van der Waals surface area contributed by atoms with Crippen LogP contribution in [0.25, 0.3) is 0 Å². The lowest BCUT2D eigenvalue weighted by atomic mass is 9.61. The largest absolute Gasteiger partial charge is 0.383 e. The van der Waals surface area contributed by atoms with Crippen molar-refractivity contribution < 1.29 is 17.4 Å². The first-order valence-corrected chi connectivity index (χ1v) is 10.3. The molecule has 4 unspecified atom stereocenters. The van der Waals surface area contributed by atoms with E-state index in [4.69, 9.17) is 4.18 Å². The van der Waals surface area contributed by atoms with E-state index in [1.807, 2.05) is 12.1 Å². The molecular formula is C18H22O4S. The summed E-state index contributed by atoms with van der Waals surface area (Å²) < 4.78 is 27.6. The van der Waals surface area contributed by atoms with Gasteiger partial charge in [0.25, 0.3) is 0 Å². The van der Waals surface area contributed by atoms with Crippen LogP contribution in [0.15, 0.2) is 18.2 Å². The van der Waals surface area contributed by atoms with Crippen LogP contribution in [0.2, 0.25) is 0 Å². The van der Waals surface area contributed by atoms with Gasteiger partial charge in [0.2, 0.25) is 0 Å². The molecule has 3 aliphatic rings. The normalized spacial score (nSPS) is 32.8. The third kappa shape index (κ3) is 2.69. The molecule has 23 heavy (non-hydrogen) atoms. The fourth-order valence-electron chi connectivity index (χ4n) is 5.20. The molecule has 3 aliphatic carbocycles. The summed E-state index contributed by atoms with van der Waals surface area (Å²) in [5.41, 5.74) is 2.56. The van der Waals surface area contributed by atoms with E-state index >= 15 is 0 Å². The highest BCUT2D eigenvalue weighted by atomic mass is 32.2. The molecule has 1 aromatic carbocycles. The molecule has 2 saturated carbocycles. The second-order valence-corrected chi connectivity index (χ2v) is 8.88. The summed E-state index contributed by atoms with van der Waals surface area (Å²) in [6.07, 6.45) is 7.06. The molecule has 0 aromatic heterocycles. The second-order valence-electron chi connectivity index (χ2n) is 7.31. The molecule has 1 aromatic rings. The van der Waals surface area contributed by atoms with E-state index in [1.54, 1.807) is 6.07 Å². The highest BCUT2D eigenvalue weighted by Crippen LogP contribution is 2.54. The van der Waals surface area contributed by atoms with Gasteiger partial charge >= 0.3 is 10.1 Å². The van der Waals surface area contributed by atoms with Crippen LogP contribution in [0.3, 0.4) is 0 Å². The van der Waals surface area contributed by atoms with E-state index in [-0.39, 0.29) is 0 Å². The number of aryl methyl sites for hydroxylation is 1. The summed E-state index contributed by atoms with van der Waals surface area (Å²) >= 11 is 0. The maximum Gasteiger partial charge on any atom is 0.306 e. The van der Waals surface area contributed by atoms with Gasteiger partial charge in [-0.3, -0.25) is 4.79 Å². The number of carbonyl (C=O) groups excluding carboxylic acids is 1. The molecule has 0 saturated heterocycles. The monoisotopic (exact) mass is 334 g/mol. The molecule has 2 fully saturated rings. The van der Waals surface area contributed by atoms with Crippen LogP contribution in [0.4, 0.5) is 0 Å². The third-order valence-corrected chi connectivity index (χ3v) is 6.51. The minimum Gasteiger partial charge on any atom is -0.383 e. The molecule has 0 bridgehead atoms. The number of Topliss-reactive ketones (excluding diaryl/α,β-unsaturated/α-hetero) is 1. The number of hydrogen-bond donors (Lipinski definition) is 0. The third-order valence-electron chi connectivity index (χ3n) is 6.02. The zero-order valence-electron chi connectivity index (χ0n) is 13.3. The van der Waals surface area contributed by atoms with Crippen molar-refractivity contribution in [2.24, 2.45) is 17.8 Å². The standard InChI is InChI=1S/C18H22O4S/c1-23(20,21)22-12-3-5-13-11(10-12)2-4-15-14(13)6-7-17-16(15)8-9-18(17)19/h3,5,10,14-17H,2,4,6-9H2,1H3. The minimum absolute atomic E-state index is 0.311. The summed E-state index contributed by atoms with van der Waals surface area (Å²) in [7, 11) is -3.48. The Morgan fingerprint density at radius 1 is 1.00 bits per heavy atom. The first-order chi connectivity index (χ1) is 10.9. The molecule has 0 radical (unpaired) electrons. The SMILES string of the molecule is CS(=O)(=O)Oc1ccc2c(c1)CCC1C2CCC2C(=O)CCC21. The number of fused-ring (bicyclic) bond motifs is 5. The van der Waals surface area contributed by atoms with Crippen LogP contribution in [-0.4, -0.2) is 20.5 Å². The predicted octanol–water partition coefficient (Wildman–Crippen LogP) is 3.06. The molecule has 4 rings (SSSR count). The number of ketones is 1. The van der Waals surface area contributed by atoms with E-state index in [0.717, 1.165) is 44.8 Å². The predicted molar refractivity (Wildman–Crippen MR) is 86.9 cm³/mol. The summed E-state index contributed by atoms with van der Waals surface area (Å²) in [5.74, 6) is 2.92. The van der Waals surface area contributed by atoms with Crippen LogP contribution in [0.5, 0.6) is 5.75 Å². The zero-order chi connectivity index (χ0) is 16.2. The Labute approximate surface area is 137 Å². The fraction of sp³-hybridized carbons (Fsp3) is 0.611. The van der Waals surface area contributed by atoms with E-state index in [0.29, 0.717) is 35.2 Å². The van der Waals surface area contributed by atoms with Crippen LogP contribution in [0.1, 0.15) is 49.1 Å².